The van der Waals surface area contributed by atoms with E-state index in [9.17, 15) is 28.8 Å². The SMILES string of the molecule is CSCCC(N)C(=O)NC(CCCCN)C(=O)NC(CCC(=O)O)C(=O)NC(CC(=O)O)C(=O)O. The summed E-state index contributed by atoms with van der Waals surface area (Å²) in [5, 5.41) is 33.8. The lowest BCUT2D eigenvalue weighted by molar-refractivity contribution is -0.147. The van der Waals surface area contributed by atoms with Crippen molar-refractivity contribution in [2.75, 3.05) is 18.6 Å². The van der Waals surface area contributed by atoms with Crippen LogP contribution in [-0.4, -0.2) is 93.7 Å². The van der Waals surface area contributed by atoms with E-state index in [1.165, 1.54) is 11.8 Å². The Hall–Kier alpha value is -2.91. The molecular weight excluding hydrogens is 486 g/mol. The van der Waals surface area contributed by atoms with Gasteiger partial charge in [0.2, 0.25) is 17.7 Å². The van der Waals surface area contributed by atoms with Crippen LogP contribution in [0.2, 0.25) is 0 Å². The summed E-state index contributed by atoms with van der Waals surface area (Å²) in [4.78, 5) is 71.1. The largest absolute Gasteiger partial charge is 0.481 e. The summed E-state index contributed by atoms with van der Waals surface area (Å²) in [5.74, 6) is -6.20. The van der Waals surface area contributed by atoms with Gasteiger partial charge < -0.3 is 42.7 Å². The zero-order chi connectivity index (χ0) is 27.0. The third-order valence-corrected chi connectivity index (χ3v) is 5.47. The number of rotatable bonds is 19. The quantitative estimate of drug-likeness (QED) is 0.0865. The Kier molecular flexibility index (Phi) is 16.1. The number of carbonyl (C=O) groups is 6. The smallest absolute Gasteiger partial charge is 0.326 e. The topological polar surface area (TPSA) is 251 Å². The van der Waals surface area contributed by atoms with Crippen molar-refractivity contribution in [2.24, 2.45) is 11.5 Å². The van der Waals surface area contributed by atoms with E-state index >= 15 is 0 Å². The summed E-state index contributed by atoms with van der Waals surface area (Å²) < 4.78 is 0. The zero-order valence-electron chi connectivity index (χ0n) is 19.5. The number of hydrogen-bond donors (Lipinski definition) is 8. The Bertz CT molecular complexity index is 752. The van der Waals surface area contributed by atoms with E-state index in [1.807, 2.05) is 11.6 Å². The molecule has 0 fully saturated rings. The van der Waals surface area contributed by atoms with Gasteiger partial charge in [0.05, 0.1) is 12.5 Å². The molecule has 14 nitrogen and oxygen atoms in total. The molecular formula is C20H35N5O9S. The van der Waals surface area contributed by atoms with Gasteiger partial charge in [-0.3, -0.25) is 24.0 Å². The van der Waals surface area contributed by atoms with Crippen LogP contribution in [0.1, 0.15) is 44.9 Å². The average molecular weight is 522 g/mol. The van der Waals surface area contributed by atoms with Crippen LogP contribution in [0.5, 0.6) is 0 Å². The van der Waals surface area contributed by atoms with Gasteiger partial charge in [0.1, 0.15) is 18.1 Å². The highest BCUT2D eigenvalue weighted by Gasteiger charge is 2.31. The maximum Gasteiger partial charge on any atom is 0.326 e. The third-order valence-electron chi connectivity index (χ3n) is 4.82. The predicted molar refractivity (Wildman–Crippen MR) is 126 cm³/mol. The molecule has 0 spiro atoms. The van der Waals surface area contributed by atoms with Gasteiger partial charge in [-0.25, -0.2) is 4.79 Å². The monoisotopic (exact) mass is 521 g/mol. The van der Waals surface area contributed by atoms with Crippen LogP contribution in [0.4, 0.5) is 0 Å². The molecule has 0 saturated heterocycles. The van der Waals surface area contributed by atoms with Crippen LogP contribution in [0.15, 0.2) is 0 Å². The van der Waals surface area contributed by atoms with Gasteiger partial charge in [-0.05, 0) is 50.7 Å². The van der Waals surface area contributed by atoms with E-state index in [0.717, 1.165) is 0 Å². The standard InChI is InChI=1S/C20H35N5O9S/c1-35-9-7-11(22)17(30)23-12(4-2-3-8-21)18(31)24-13(5-6-15(26)27)19(32)25-14(20(33)34)10-16(28)29/h11-14H,2-10,21-22H2,1H3,(H,23,30)(H,24,31)(H,25,32)(H,26,27)(H,28,29)(H,33,34). The highest BCUT2D eigenvalue weighted by molar-refractivity contribution is 7.98. The third kappa shape index (κ3) is 14.2. The van der Waals surface area contributed by atoms with Crippen molar-refractivity contribution < 1.29 is 44.1 Å². The van der Waals surface area contributed by atoms with E-state index in [1.54, 1.807) is 0 Å². The van der Waals surface area contributed by atoms with Crippen LogP contribution >= 0.6 is 11.8 Å². The van der Waals surface area contributed by atoms with Crippen LogP contribution in [0.25, 0.3) is 0 Å². The van der Waals surface area contributed by atoms with Crippen molar-refractivity contribution in [2.45, 2.75) is 69.1 Å². The lowest BCUT2D eigenvalue weighted by Gasteiger charge is -2.25. The van der Waals surface area contributed by atoms with Crippen LogP contribution in [-0.2, 0) is 28.8 Å². The molecule has 35 heavy (non-hydrogen) atoms. The second-order valence-corrected chi connectivity index (χ2v) is 8.71. The summed E-state index contributed by atoms with van der Waals surface area (Å²) >= 11 is 1.50. The minimum absolute atomic E-state index is 0.161. The molecule has 10 N–H and O–H groups in total. The molecule has 0 aliphatic carbocycles. The number of thioether (sulfide) groups is 1. The van der Waals surface area contributed by atoms with Gasteiger partial charge in [-0.2, -0.15) is 11.8 Å². The molecule has 0 aliphatic rings. The lowest BCUT2D eigenvalue weighted by Crippen LogP contribution is -2.57. The Labute approximate surface area is 206 Å². The summed E-state index contributed by atoms with van der Waals surface area (Å²) in [7, 11) is 0. The molecule has 0 aromatic heterocycles. The molecule has 0 heterocycles. The van der Waals surface area contributed by atoms with Crippen molar-refractivity contribution >= 4 is 47.4 Å². The maximum absolute atomic E-state index is 12.9. The fourth-order valence-electron chi connectivity index (χ4n) is 2.87. The fraction of sp³-hybridized carbons (Fsp3) is 0.700. The van der Waals surface area contributed by atoms with Gasteiger partial charge in [0.25, 0.3) is 0 Å². The summed E-state index contributed by atoms with van der Waals surface area (Å²) in [6.45, 7) is 0.347. The number of unbranched alkanes of at least 4 members (excludes halogenated alkanes) is 1. The average Bonchev–Trinajstić information content (AvgIpc) is 2.78. The van der Waals surface area contributed by atoms with Crippen molar-refractivity contribution in [1.82, 2.24) is 16.0 Å². The predicted octanol–water partition coefficient (Wildman–Crippen LogP) is -1.93. The van der Waals surface area contributed by atoms with Crippen LogP contribution in [0, 0.1) is 0 Å². The Morgan fingerprint density at radius 2 is 1.31 bits per heavy atom. The molecule has 200 valence electrons. The molecule has 15 heteroatoms. The van der Waals surface area contributed by atoms with Gasteiger partial charge >= 0.3 is 17.9 Å². The molecule has 0 rings (SSSR count). The van der Waals surface area contributed by atoms with Crippen molar-refractivity contribution in [3.8, 4) is 0 Å². The molecule has 0 aromatic rings. The normalized spacial score (nSPS) is 14.1. The minimum Gasteiger partial charge on any atom is -0.481 e. The maximum atomic E-state index is 12.9. The highest BCUT2D eigenvalue weighted by Crippen LogP contribution is 2.07. The van der Waals surface area contributed by atoms with Crippen LogP contribution < -0.4 is 27.4 Å². The molecule has 0 saturated carbocycles. The number of hydrogen-bond acceptors (Lipinski definition) is 9. The van der Waals surface area contributed by atoms with Gasteiger partial charge in [-0.15, -0.1) is 0 Å². The molecule has 4 atom stereocenters. The van der Waals surface area contributed by atoms with E-state index in [4.69, 9.17) is 26.8 Å². The fourth-order valence-corrected chi connectivity index (χ4v) is 3.36. The first kappa shape index (κ1) is 32.1. The first-order chi connectivity index (χ1) is 16.4. The Morgan fingerprint density at radius 3 is 1.80 bits per heavy atom. The number of amides is 3. The van der Waals surface area contributed by atoms with Gasteiger partial charge in [0.15, 0.2) is 0 Å². The van der Waals surface area contributed by atoms with Crippen molar-refractivity contribution in [3.63, 3.8) is 0 Å². The molecule has 0 aliphatic heterocycles. The summed E-state index contributed by atoms with van der Waals surface area (Å²) in [6.07, 6.45) is 1.52. The molecule has 0 aromatic carbocycles. The first-order valence-electron chi connectivity index (χ1n) is 10.9. The second kappa shape index (κ2) is 17.5. The van der Waals surface area contributed by atoms with E-state index in [2.05, 4.69) is 10.6 Å². The lowest BCUT2D eigenvalue weighted by atomic mass is 10.0. The number of nitrogens with two attached hydrogens (primary N) is 2. The molecule has 3 amide bonds. The zero-order valence-corrected chi connectivity index (χ0v) is 20.3. The Morgan fingerprint density at radius 1 is 0.771 bits per heavy atom. The van der Waals surface area contributed by atoms with Crippen LogP contribution in [0.3, 0.4) is 0 Å². The Balaban J connectivity index is 5.55. The molecule has 4 unspecified atom stereocenters. The van der Waals surface area contributed by atoms with E-state index in [0.29, 0.717) is 31.6 Å². The number of carboxylic acid groups (broad SMARTS) is 3. The number of carbonyl (C=O) groups excluding carboxylic acids is 3. The van der Waals surface area contributed by atoms with Gasteiger partial charge in [0, 0.05) is 6.42 Å². The molecule has 0 radical (unpaired) electrons. The summed E-state index contributed by atoms with van der Waals surface area (Å²) in [6, 6.07) is -5.26. The second-order valence-electron chi connectivity index (χ2n) is 7.72. The van der Waals surface area contributed by atoms with E-state index in [-0.39, 0.29) is 6.42 Å². The van der Waals surface area contributed by atoms with Crippen molar-refractivity contribution in [1.29, 1.82) is 0 Å². The van der Waals surface area contributed by atoms with Gasteiger partial charge in [-0.1, -0.05) is 0 Å². The van der Waals surface area contributed by atoms with E-state index < -0.39 is 79.1 Å². The van der Waals surface area contributed by atoms with Crippen molar-refractivity contribution in [3.05, 3.63) is 0 Å². The molecule has 0 bridgehead atoms. The number of nitrogens with one attached hydrogen (secondary N) is 3. The summed E-state index contributed by atoms with van der Waals surface area (Å²) in [5.41, 5.74) is 11.3. The number of carboxylic acids is 3. The number of aliphatic carboxylic acids is 3. The first-order valence-corrected chi connectivity index (χ1v) is 12.3. The minimum atomic E-state index is -1.79. The highest BCUT2D eigenvalue weighted by atomic mass is 32.2.